The molecule has 0 fully saturated rings. The smallest absolute Gasteiger partial charge is 0.270 e. The standard InChI is InChI=1S/C10H7N3O2.C8H6N2O2/c11-4-6-12-5-3-8-7-9(13(14)15)1-2-10(8)12;11-10(12)7-1-2-8-6(5-7)3-4-9-8/h1-3,5,7H,6H2;1-5,9H. The van der Waals surface area contributed by atoms with Crippen molar-refractivity contribution in [3.05, 3.63) is 81.2 Å². The Hall–Kier alpha value is -4.19. The van der Waals surface area contributed by atoms with Crippen molar-refractivity contribution in [2.75, 3.05) is 0 Å². The topological polar surface area (TPSA) is 131 Å². The summed E-state index contributed by atoms with van der Waals surface area (Å²) in [5.74, 6) is 0. The Bertz CT molecular complexity index is 1190. The van der Waals surface area contributed by atoms with Gasteiger partial charge in [0.05, 0.1) is 15.9 Å². The molecular formula is C18H13N5O4. The van der Waals surface area contributed by atoms with Crippen LogP contribution in [-0.2, 0) is 6.54 Å². The quantitative estimate of drug-likeness (QED) is 0.431. The fourth-order valence-corrected chi connectivity index (χ4v) is 2.67. The molecule has 0 atom stereocenters. The summed E-state index contributed by atoms with van der Waals surface area (Å²) in [5, 5.41) is 31.1. The molecule has 134 valence electrons. The van der Waals surface area contributed by atoms with Crippen molar-refractivity contribution in [3.63, 3.8) is 0 Å². The van der Waals surface area contributed by atoms with E-state index in [4.69, 9.17) is 5.26 Å². The highest BCUT2D eigenvalue weighted by molar-refractivity contribution is 5.82. The van der Waals surface area contributed by atoms with Gasteiger partial charge in [-0.25, -0.2) is 0 Å². The summed E-state index contributed by atoms with van der Waals surface area (Å²) in [6.45, 7) is 0.251. The van der Waals surface area contributed by atoms with E-state index < -0.39 is 9.85 Å². The van der Waals surface area contributed by atoms with Gasteiger partial charge < -0.3 is 9.55 Å². The molecule has 9 nitrogen and oxygen atoms in total. The molecule has 2 heterocycles. The first-order valence-electron chi connectivity index (χ1n) is 7.81. The number of nitro benzene ring substituents is 2. The lowest BCUT2D eigenvalue weighted by Gasteiger charge is -1.97. The number of rotatable bonds is 3. The number of aromatic nitrogens is 2. The number of aromatic amines is 1. The molecule has 0 aliphatic rings. The van der Waals surface area contributed by atoms with Crippen LogP contribution >= 0.6 is 0 Å². The highest BCUT2D eigenvalue weighted by Gasteiger charge is 2.08. The molecule has 9 heteroatoms. The zero-order chi connectivity index (χ0) is 19.4. The summed E-state index contributed by atoms with van der Waals surface area (Å²) >= 11 is 0. The van der Waals surface area contributed by atoms with Crippen molar-refractivity contribution in [2.45, 2.75) is 6.54 Å². The number of nitro groups is 2. The van der Waals surface area contributed by atoms with Crippen LogP contribution in [0.1, 0.15) is 0 Å². The largest absolute Gasteiger partial charge is 0.361 e. The second-order valence-corrected chi connectivity index (χ2v) is 5.61. The van der Waals surface area contributed by atoms with Crippen LogP contribution in [0.2, 0.25) is 0 Å². The Morgan fingerprint density at radius 2 is 1.63 bits per heavy atom. The zero-order valence-electron chi connectivity index (χ0n) is 13.9. The minimum Gasteiger partial charge on any atom is -0.361 e. The summed E-state index contributed by atoms with van der Waals surface area (Å²) in [5.41, 5.74) is 1.95. The third-order valence-corrected chi connectivity index (χ3v) is 3.95. The molecule has 0 spiro atoms. The van der Waals surface area contributed by atoms with E-state index in [1.54, 1.807) is 41.2 Å². The number of hydrogen-bond acceptors (Lipinski definition) is 5. The van der Waals surface area contributed by atoms with Crippen molar-refractivity contribution in [2.24, 2.45) is 0 Å². The Morgan fingerprint density at radius 1 is 0.963 bits per heavy atom. The highest BCUT2D eigenvalue weighted by Crippen LogP contribution is 2.21. The molecule has 4 rings (SSSR count). The van der Waals surface area contributed by atoms with Gasteiger partial charge in [-0.3, -0.25) is 20.2 Å². The Kier molecular flexibility index (Phi) is 4.81. The number of nitriles is 1. The zero-order valence-corrected chi connectivity index (χ0v) is 13.9. The molecule has 27 heavy (non-hydrogen) atoms. The first-order chi connectivity index (χ1) is 13.0. The van der Waals surface area contributed by atoms with Gasteiger partial charge in [0.25, 0.3) is 11.4 Å². The van der Waals surface area contributed by atoms with E-state index in [9.17, 15) is 20.2 Å². The van der Waals surface area contributed by atoms with Crippen LogP contribution < -0.4 is 0 Å². The van der Waals surface area contributed by atoms with Gasteiger partial charge in [-0.15, -0.1) is 0 Å². The maximum Gasteiger partial charge on any atom is 0.270 e. The molecule has 4 aromatic rings. The lowest BCUT2D eigenvalue weighted by Crippen LogP contribution is -1.92. The van der Waals surface area contributed by atoms with Crippen LogP contribution in [0.25, 0.3) is 21.8 Å². The minimum absolute atomic E-state index is 0.0669. The third kappa shape index (κ3) is 3.74. The van der Waals surface area contributed by atoms with Crippen LogP contribution in [0.15, 0.2) is 60.9 Å². The molecule has 0 saturated heterocycles. The third-order valence-electron chi connectivity index (χ3n) is 3.95. The summed E-state index contributed by atoms with van der Waals surface area (Å²) in [7, 11) is 0. The Labute approximate surface area is 152 Å². The van der Waals surface area contributed by atoms with Crippen molar-refractivity contribution >= 4 is 33.2 Å². The molecule has 0 radical (unpaired) electrons. The van der Waals surface area contributed by atoms with Crippen LogP contribution in [0.4, 0.5) is 11.4 Å². The van der Waals surface area contributed by atoms with Gasteiger partial charge in [0, 0.05) is 58.5 Å². The fourth-order valence-electron chi connectivity index (χ4n) is 2.67. The van der Waals surface area contributed by atoms with Crippen molar-refractivity contribution in [1.29, 1.82) is 5.26 Å². The van der Waals surface area contributed by atoms with Gasteiger partial charge >= 0.3 is 0 Å². The molecule has 0 amide bonds. The molecule has 0 unspecified atom stereocenters. The van der Waals surface area contributed by atoms with Crippen LogP contribution in [0, 0.1) is 31.6 Å². The number of H-pyrrole nitrogens is 1. The molecule has 0 aliphatic heterocycles. The van der Waals surface area contributed by atoms with Gasteiger partial charge in [-0.05, 0) is 24.3 Å². The summed E-state index contributed by atoms with van der Waals surface area (Å²) in [6, 6.07) is 14.9. The van der Waals surface area contributed by atoms with Crippen molar-refractivity contribution < 1.29 is 9.85 Å². The number of hydrogen-bond donors (Lipinski definition) is 1. The van der Waals surface area contributed by atoms with Crippen LogP contribution in [-0.4, -0.2) is 19.4 Å². The van der Waals surface area contributed by atoms with E-state index in [2.05, 4.69) is 4.98 Å². The lowest BCUT2D eigenvalue weighted by atomic mass is 10.2. The molecule has 0 aliphatic carbocycles. The Morgan fingerprint density at radius 3 is 2.30 bits per heavy atom. The molecule has 0 bridgehead atoms. The van der Waals surface area contributed by atoms with E-state index in [0.29, 0.717) is 0 Å². The number of benzene rings is 2. The number of fused-ring (bicyclic) bond motifs is 2. The first-order valence-corrected chi connectivity index (χ1v) is 7.81. The van der Waals surface area contributed by atoms with E-state index in [-0.39, 0.29) is 17.9 Å². The minimum atomic E-state index is -0.429. The molecule has 2 aromatic heterocycles. The predicted octanol–water partition coefficient (Wildman–Crippen LogP) is 4.15. The first kappa shape index (κ1) is 17.6. The monoisotopic (exact) mass is 363 g/mol. The van der Waals surface area contributed by atoms with Gasteiger partial charge in [0.15, 0.2) is 0 Å². The maximum atomic E-state index is 10.5. The van der Waals surface area contributed by atoms with Crippen LogP contribution in [0.3, 0.4) is 0 Å². The molecule has 2 aromatic carbocycles. The summed E-state index contributed by atoms with van der Waals surface area (Å²) in [4.78, 5) is 23.0. The molecule has 1 N–H and O–H groups in total. The van der Waals surface area contributed by atoms with Gasteiger partial charge in [0.2, 0.25) is 0 Å². The predicted molar refractivity (Wildman–Crippen MR) is 99.2 cm³/mol. The van der Waals surface area contributed by atoms with Crippen LogP contribution in [0.5, 0.6) is 0 Å². The van der Waals surface area contributed by atoms with Gasteiger partial charge in [0.1, 0.15) is 6.54 Å². The molecule has 0 saturated carbocycles. The average Bonchev–Trinajstić information content (AvgIpc) is 3.28. The molecular weight excluding hydrogens is 350 g/mol. The normalized spacial score (nSPS) is 10.2. The Balaban J connectivity index is 0.000000159. The number of non-ortho nitro benzene ring substituents is 2. The maximum absolute atomic E-state index is 10.5. The fraction of sp³-hybridized carbons (Fsp3) is 0.0556. The van der Waals surface area contributed by atoms with Crippen molar-refractivity contribution in [3.8, 4) is 6.07 Å². The van der Waals surface area contributed by atoms with E-state index in [0.717, 1.165) is 21.8 Å². The number of nitrogens with one attached hydrogen (secondary N) is 1. The summed E-state index contributed by atoms with van der Waals surface area (Å²) < 4.78 is 1.75. The lowest BCUT2D eigenvalue weighted by molar-refractivity contribution is -0.384. The second-order valence-electron chi connectivity index (χ2n) is 5.61. The second kappa shape index (κ2) is 7.37. The number of nitrogens with zero attached hydrogens (tertiary/aromatic N) is 4. The van der Waals surface area contributed by atoms with Crippen molar-refractivity contribution in [1.82, 2.24) is 9.55 Å². The van der Waals surface area contributed by atoms with E-state index >= 15 is 0 Å². The highest BCUT2D eigenvalue weighted by atomic mass is 16.6. The van der Waals surface area contributed by atoms with E-state index in [1.807, 2.05) is 12.1 Å². The van der Waals surface area contributed by atoms with Gasteiger partial charge in [-0.2, -0.15) is 5.26 Å². The summed E-state index contributed by atoms with van der Waals surface area (Å²) in [6.07, 6.45) is 3.51. The average molecular weight is 363 g/mol. The SMILES string of the molecule is N#CCn1ccc2cc([N+](=O)[O-])ccc21.O=[N+]([O-])c1ccc2[nH]ccc2c1. The van der Waals surface area contributed by atoms with Gasteiger partial charge in [-0.1, -0.05) is 0 Å². The van der Waals surface area contributed by atoms with E-state index in [1.165, 1.54) is 18.2 Å².